The minimum atomic E-state index is -0.368. The van der Waals surface area contributed by atoms with E-state index in [4.69, 9.17) is 0 Å². The lowest BCUT2D eigenvalue weighted by molar-refractivity contribution is -0.144. The van der Waals surface area contributed by atoms with Gasteiger partial charge in [-0.25, -0.2) is 0 Å². The lowest BCUT2D eigenvalue weighted by atomic mass is 9.93. The van der Waals surface area contributed by atoms with Crippen molar-refractivity contribution in [2.75, 3.05) is 14.1 Å². The summed E-state index contributed by atoms with van der Waals surface area (Å²) in [5.41, 5.74) is 2.30. The zero-order valence-electron chi connectivity index (χ0n) is 11.0. The predicted octanol–water partition coefficient (Wildman–Crippen LogP) is 1.05. The van der Waals surface area contributed by atoms with Crippen molar-refractivity contribution < 1.29 is 9.59 Å². The monoisotopic (exact) mass is 246 g/mol. The highest BCUT2D eigenvalue weighted by Gasteiger charge is 2.33. The normalized spacial score (nSPS) is 18.2. The summed E-state index contributed by atoms with van der Waals surface area (Å²) in [4.78, 5) is 27.1. The number of hydrogen-bond acceptors (Lipinski definition) is 2. The third kappa shape index (κ3) is 2.23. The molecule has 2 amide bonds. The number of benzene rings is 1. The maximum atomic E-state index is 12.2. The number of nitrogens with zero attached hydrogens (tertiary/aromatic N) is 2. The molecule has 0 bridgehead atoms. The first kappa shape index (κ1) is 12.6. The van der Waals surface area contributed by atoms with E-state index in [0.29, 0.717) is 13.0 Å². The molecule has 2 rings (SSSR count). The fourth-order valence-electron chi connectivity index (χ4n) is 2.37. The molecule has 0 fully saturated rings. The van der Waals surface area contributed by atoms with Gasteiger partial charge in [0.15, 0.2) is 0 Å². The van der Waals surface area contributed by atoms with Crippen LogP contribution >= 0.6 is 0 Å². The molecule has 1 aromatic rings. The van der Waals surface area contributed by atoms with Crippen LogP contribution in [0.5, 0.6) is 0 Å². The van der Waals surface area contributed by atoms with Gasteiger partial charge in [-0.1, -0.05) is 24.3 Å². The van der Waals surface area contributed by atoms with E-state index in [1.165, 1.54) is 6.92 Å². The van der Waals surface area contributed by atoms with Gasteiger partial charge in [-0.15, -0.1) is 0 Å². The highest BCUT2D eigenvalue weighted by atomic mass is 16.2. The van der Waals surface area contributed by atoms with Crippen molar-refractivity contribution in [1.82, 2.24) is 9.80 Å². The van der Waals surface area contributed by atoms with Gasteiger partial charge in [-0.3, -0.25) is 9.59 Å². The van der Waals surface area contributed by atoms with Crippen molar-refractivity contribution in [2.24, 2.45) is 0 Å². The summed E-state index contributed by atoms with van der Waals surface area (Å²) in [7, 11) is 3.45. The summed E-state index contributed by atoms with van der Waals surface area (Å²) in [5, 5.41) is 0. The fourth-order valence-corrected chi connectivity index (χ4v) is 2.37. The van der Waals surface area contributed by atoms with Crippen LogP contribution in [-0.4, -0.2) is 41.8 Å². The van der Waals surface area contributed by atoms with Gasteiger partial charge in [0.2, 0.25) is 11.8 Å². The molecule has 0 N–H and O–H groups in total. The number of amides is 2. The van der Waals surface area contributed by atoms with Crippen LogP contribution in [-0.2, 0) is 22.6 Å². The smallest absolute Gasteiger partial charge is 0.245 e. The quantitative estimate of drug-likeness (QED) is 0.743. The highest BCUT2D eigenvalue weighted by Crippen LogP contribution is 2.24. The Labute approximate surface area is 107 Å². The Kier molecular flexibility index (Phi) is 3.36. The maximum Gasteiger partial charge on any atom is 0.245 e. The molecule has 4 nitrogen and oxygen atoms in total. The van der Waals surface area contributed by atoms with Crippen LogP contribution in [0.3, 0.4) is 0 Å². The van der Waals surface area contributed by atoms with E-state index in [-0.39, 0.29) is 17.9 Å². The summed E-state index contributed by atoms with van der Waals surface area (Å²) < 4.78 is 0. The van der Waals surface area contributed by atoms with Crippen molar-refractivity contribution in [3.63, 3.8) is 0 Å². The molecular formula is C14H18N2O2. The Morgan fingerprint density at radius 3 is 2.39 bits per heavy atom. The van der Waals surface area contributed by atoms with E-state index in [0.717, 1.165) is 11.1 Å². The molecule has 0 saturated heterocycles. The first-order valence-electron chi connectivity index (χ1n) is 6.06. The molecule has 1 aromatic carbocycles. The summed E-state index contributed by atoms with van der Waals surface area (Å²) in [5.74, 6) is -0.0654. The van der Waals surface area contributed by atoms with E-state index in [2.05, 4.69) is 0 Å². The zero-order chi connectivity index (χ0) is 13.3. The number of rotatable bonds is 1. The Balaban J connectivity index is 2.34. The van der Waals surface area contributed by atoms with Gasteiger partial charge in [0.1, 0.15) is 6.04 Å². The molecule has 18 heavy (non-hydrogen) atoms. The van der Waals surface area contributed by atoms with Crippen LogP contribution in [0, 0.1) is 0 Å². The lowest BCUT2D eigenvalue weighted by Crippen LogP contribution is -2.51. The average molecular weight is 246 g/mol. The Hall–Kier alpha value is -1.84. The summed E-state index contributed by atoms with van der Waals surface area (Å²) in [6.07, 6.45) is 0.604. The average Bonchev–Trinajstić information content (AvgIpc) is 2.36. The zero-order valence-corrected chi connectivity index (χ0v) is 11.0. The lowest BCUT2D eigenvalue weighted by Gasteiger charge is -2.36. The molecule has 0 saturated carbocycles. The molecule has 1 aliphatic rings. The second-order valence-corrected chi connectivity index (χ2v) is 4.87. The standard InChI is InChI=1S/C14H18N2O2/c1-10(17)16-9-12-7-5-4-6-11(12)8-13(16)14(18)15(2)3/h4-7,13H,8-9H2,1-3H3. The third-order valence-electron chi connectivity index (χ3n) is 3.38. The molecule has 96 valence electrons. The van der Waals surface area contributed by atoms with Crippen LogP contribution in [0.4, 0.5) is 0 Å². The van der Waals surface area contributed by atoms with E-state index < -0.39 is 0 Å². The molecular weight excluding hydrogens is 228 g/mol. The molecule has 1 heterocycles. The van der Waals surface area contributed by atoms with Gasteiger partial charge in [0, 0.05) is 34.0 Å². The van der Waals surface area contributed by atoms with E-state index >= 15 is 0 Å². The Morgan fingerprint density at radius 2 is 1.83 bits per heavy atom. The fraction of sp³-hybridized carbons (Fsp3) is 0.429. The van der Waals surface area contributed by atoms with Gasteiger partial charge < -0.3 is 9.80 Å². The number of carbonyl (C=O) groups excluding carboxylic acids is 2. The number of likely N-dealkylation sites (N-methyl/N-ethyl adjacent to an activating group) is 1. The van der Waals surface area contributed by atoms with Gasteiger partial charge in [0.05, 0.1) is 0 Å². The van der Waals surface area contributed by atoms with Crippen molar-refractivity contribution >= 4 is 11.8 Å². The van der Waals surface area contributed by atoms with Crippen LogP contribution in [0.2, 0.25) is 0 Å². The SMILES string of the molecule is CC(=O)N1Cc2ccccc2CC1C(=O)N(C)C. The second kappa shape index (κ2) is 4.80. The van der Waals surface area contributed by atoms with Crippen LogP contribution < -0.4 is 0 Å². The summed E-state index contributed by atoms with van der Waals surface area (Å²) in [6, 6.07) is 7.61. The molecule has 1 unspecified atom stereocenters. The van der Waals surface area contributed by atoms with Gasteiger partial charge in [-0.05, 0) is 11.1 Å². The minimum Gasteiger partial charge on any atom is -0.347 e. The van der Waals surface area contributed by atoms with Gasteiger partial charge >= 0.3 is 0 Å². The summed E-state index contributed by atoms with van der Waals surface area (Å²) >= 11 is 0. The van der Waals surface area contributed by atoms with Crippen LogP contribution in [0.25, 0.3) is 0 Å². The van der Waals surface area contributed by atoms with Gasteiger partial charge in [-0.2, -0.15) is 0 Å². The molecule has 0 radical (unpaired) electrons. The molecule has 0 aromatic heterocycles. The number of carbonyl (C=O) groups is 2. The molecule has 4 heteroatoms. The van der Waals surface area contributed by atoms with Crippen molar-refractivity contribution in [3.8, 4) is 0 Å². The molecule has 1 atom stereocenters. The minimum absolute atomic E-state index is 0.0142. The summed E-state index contributed by atoms with van der Waals surface area (Å²) in [6.45, 7) is 2.04. The van der Waals surface area contributed by atoms with Crippen LogP contribution in [0.15, 0.2) is 24.3 Å². The number of hydrogen-bond donors (Lipinski definition) is 0. The third-order valence-corrected chi connectivity index (χ3v) is 3.38. The first-order chi connectivity index (χ1) is 8.50. The van der Waals surface area contributed by atoms with Crippen molar-refractivity contribution in [1.29, 1.82) is 0 Å². The Bertz CT molecular complexity index is 482. The first-order valence-corrected chi connectivity index (χ1v) is 6.06. The topological polar surface area (TPSA) is 40.6 Å². The van der Waals surface area contributed by atoms with Crippen molar-refractivity contribution in [2.45, 2.75) is 25.9 Å². The second-order valence-electron chi connectivity index (χ2n) is 4.87. The molecule has 0 spiro atoms. The maximum absolute atomic E-state index is 12.2. The Morgan fingerprint density at radius 1 is 1.22 bits per heavy atom. The van der Waals surface area contributed by atoms with Crippen LogP contribution in [0.1, 0.15) is 18.1 Å². The predicted molar refractivity (Wildman–Crippen MR) is 68.9 cm³/mol. The molecule has 1 aliphatic heterocycles. The van der Waals surface area contributed by atoms with E-state index in [1.807, 2.05) is 24.3 Å². The highest BCUT2D eigenvalue weighted by molar-refractivity contribution is 5.87. The van der Waals surface area contributed by atoms with Gasteiger partial charge in [0.25, 0.3) is 0 Å². The van der Waals surface area contributed by atoms with Crippen molar-refractivity contribution in [3.05, 3.63) is 35.4 Å². The largest absolute Gasteiger partial charge is 0.347 e. The number of fused-ring (bicyclic) bond motifs is 1. The van der Waals surface area contributed by atoms with E-state index in [1.54, 1.807) is 23.9 Å². The molecule has 0 aliphatic carbocycles. The van der Waals surface area contributed by atoms with E-state index in [9.17, 15) is 9.59 Å².